The van der Waals surface area contributed by atoms with Crippen molar-refractivity contribution in [1.29, 1.82) is 0 Å². The molecule has 0 saturated carbocycles. The number of thioether (sulfide) groups is 1. The molecule has 3 rings (SSSR count). The highest BCUT2D eigenvalue weighted by Crippen LogP contribution is 2.26. The van der Waals surface area contributed by atoms with Crippen molar-refractivity contribution in [1.82, 2.24) is 14.8 Å². The van der Waals surface area contributed by atoms with E-state index in [1.54, 1.807) is 18.2 Å². The molecule has 140 valence electrons. The third kappa shape index (κ3) is 4.36. The fraction of sp³-hybridized carbons (Fsp3) is 0.250. The van der Waals surface area contributed by atoms with Crippen LogP contribution >= 0.6 is 11.8 Å². The summed E-state index contributed by atoms with van der Waals surface area (Å²) >= 11 is 1.28. The monoisotopic (exact) mass is 384 g/mol. The van der Waals surface area contributed by atoms with Gasteiger partial charge in [-0.05, 0) is 56.2 Å². The highest BCUT2D eigenvalue weighted by Gasteiger charge is 2.17. The topological polar surface area (TPSA) is 59.8 Å². The average Bonchev–Trinajstić information content (AvgIpc) is 3.06. The van der Waals surface area contributed by atoms with Crippen LogP contribution in [0.15, 0.2) is 47.6 Å². The SMILES string of the molecule is CCn1c(SCC(=O)Nc2ccc(C)c(C)c2)nnc1-c1ccccc1F. The molecule has 0 bridgehead atoms. The van der Waals surface area contributed by atoms with Gasteiger partial charge in [0.1, 0.15) is 5.82 Å². The van der Waals surface area contributed by atoms with E-state index >= 15 is 0 Å². The summed E-state index contributed by atoms with van der Waals surface area (Å²) in [7, 11) is 0. The van der Waals surface area contributed by atoms with Crippen molar-refractivity contribution in [2.45, 2.75) is 32.5 Å². The Morgan fingerprint density at radius 2 is 1.93 bits per heavy atom. The Bertz CT molecular complexity index is 970. The number of rotatable bonds is 6. The summed E-state index contributed by atoms with van der Waals surface area (Å²) in [5.74, 6) is 0.195. The first kappa shape index (κ1) is 19.1. The molecule has 27 heavy (non-hydrogen) atoms. The van der Waals surface area contributed by atoms with Crippen LogP contribution < -0.4 is 5.32 Å². The lowest BCUT2D eigenvalue weighted by Crippen LogP contribution is -2.14. The minimum Gasteiger partial charge on any atom is -0.325 e. The molecule has 0 fully saturated rings. The molecule has 0 atom stereocenters. The van der Waals surface area contributed by atoms with Crippen molar-refractivity contribution in [2.24, 2.45) is 0 Å². The Labute approximate surface area is 162 Å². The second kappa shape index (κ2) is 8.35. The minimum absolute atomic E-state index is 0.124. The number of carbonyl (C=O) groups is 1. The van der Waals surface area contributed by atoms with Crippen LogP contribution in [0, 0.1) is 19.7 Å². The van der Waals surface area contributed by atoms with Gasteiger partial charge >= 0.3 is 0 Å². The van der Waals surface area contributed by atoms with E-state index in [0.717, 1.165) is 11.3 Å². The summed E-state index contributed by atoms with van der Waals surface area (Å²) in [5, 5.41) is 11.7. The quantitative estimate of drug-likeness (QED) is 0.638. The van der Waals surface area contributed by atoms with Gasteiger partial charge in [-0.15, -0.1) is 10.2 Å². The summed E-state index contributed by atoms with van der Waals surface area (Å²) in [4.78, 5) is 12.3. The third-order valence-electron chi connectivity index (χ3n) is 4.27. The van der Waals surface area contributed by atoms with Crippen molar-refractivity contribution in [3.05, 3.63) is 59.4 Å². The van der Waals surface area contributed by atoms with E-state index in [1.165, 1.54) is 23.4 Å². The Kier molecular flexibility index (Phi) is 5.91. The standard InChI is InChI=1S/C20H21FN4OS/c1-4-25-19(16-7-5-6-8-17(16)21)23-24-20(25)27-12-18(26)22-15-10-9-13(2)14(3)11-15/h5-11H,4,12H2,1-3H3,(H,22,26). The second-order valence-corrected chi connectivity index (χ2v) is 7.11. The Morgan fingerprint density at radius 3 is 2.63 bits per heavy atom. The molecule has 1 amide bonds. The van der Waals surface area contributed by atoms with Gasteiger partial charge in [-0.2, -0.15) is 0 Å². The molecule has 3 aromatic rings. The number of halogens is 1. The normalized spacial score (nSPS) is 10.8. The summed E-state index contributed by atoms with van der Waals surface area (Å²) in [5.41, 5.74) is 3.48. The van der Waals surface area contributed by atoms with E-state index < -0.39 is 0 Å². The number of aromatic nitrogens is 3. The third-order valence-corrected chi connectivity index (χ3v) is 5.24. The first-order chi connectivity index (χ1) is 13.0. The summed E-state index contributed by atoms with van der Waals surface area (Å²) < 4.78 is 15.9. The van der Waals surface area contributed by atoms with Gasteiger partial charge in [0.05, 0.1) is 11.3 Å². The number of anilines is 1. The van der Waals surface area contributed by atoms with E-state index in [4.69, 9.17) is 0 Å². The number of carbonyl (C=O) groups excluding carboxylic acids is 1. The number of nitrogens with one attached hydrogen (secondary N) is 1. The Morgan fingerprint density at radius 1 is 1.15 bits per heavy atom. The first-order valence-corrected chi connectivity index (χ1v) is 9.66. The fourth-order valence-electron chi connectivity index (χ4n) is 2.67. The fourth-order valence-corrected chi connectivity index (χ4v) is 3.47. The van der Waals surface area contributed by atoms with Crippen LogP contribution in [-0.2, 0) is 11.3 Å². The molecule has 0 aliphatic heterocycles. The van der Waals surface area contributed by atoms with Crippen molar-refractivity contribution < 1.29 is 9.18 Å². The molecule has 2 aromatic carbocycles. The molecule has 5 nitrogen and oxygen atoms in total. The molecular formula is C20H21FN4OS. The number of hydrogen-bond donors (Lipinski definition) is 1. The summed E-state index contributed by atoms with van der Waals surface area (Å²) in [6.45, 7) is 6.56. The number of aryl methyl sites for hydroxylation is 2. The van der Waals surface area contributed by atoms with Gasteiger partial charge < -0.3 is 9.88 Å². The summed E-state index contributed by atoms with van der Waals surface area (Å²) in [6, 6.07) is 12.3. The highest BCUT2D eigenvalue weighted by molar-refractivity contribution is 7.99. The molecule has 1 N–H and O–H groups in total. The van der Waals surface area contributed by atoms with Crippen LogP contribution in [-0.4, -0.2) is 26.4 Å². The lowest BCUT2D eigenvalue weighted by Gasteiger charge is -2.09. The van der Waals surface area contributed by atoms with Crippen LogP contribution in [0.1, 0.15) is 18.1 Å². The van der Waals surface area contributed by atoms with Gasteiger partial charge in [0.15, 0.2) is 11.0 Å². The number of nitrogens with zero attached hydrogens (tertiary/aromatic N) is 3. The van der Waals surface area contributed by atoms with Gasteiger partial charge in [-0.25, -0.2) is 4.39 Å². The highest BCUT2D eigenvalue weighted by atomic mass is 32.2. The van der Waals surface area contributed by atoms with Gasteiger partial charge in [-0.3, -0.25) is 4.79 Å². The molecule has 0 spiro atoms. The van der Waals surface area contributed by atoms with E-state index in [1.807, 2.05) is 43.5 Å². The minimum atomic E-state index is -0.344. The van der Waals surface area contributed by atoms with Gasteiger partial charge in [0, 0.05) is 12.2 Å². The van der Waals surface area contributed by atoms with Crippen molar-refractivity contribution in [2.75, 3.05) is 11.1 Å². The maximum Gasteiger partial charge on any atom is 0.234 e. The second-order valence-electron chi connectivity index (χ2n) is 6.17. The zero-order valence-corrected chi connectivity index (χ0v) is 16.3. The maximum absolute atomic E-state index is 14.1. The Hall–Kier alpha value is -2.67. The zero-order chi connectivity index (χ0) is 19.4. The van der Waals surface area contributed by atoms with E-state index in [-0.39, 0.29) is 17.5 Å². The van der Waals surface area contributed by atoms with E-state index in [9.17, 15) is 9.18 Å². The van der Waals surface area contributed by atoms with E-state index in [2.05, 4.69) is 15.5 Å². The zero-order valence-electron chi connectivity index (χ0n) is 15.5. The maximum atomic E-state index is 14.1. The lowest BCUT2D eigenvalue weighted by atomic mass is 10.1. The molecule has 0 saturated heterocycles. The number of benzene rings is 2. The average molecular weight is 384 g/mol. The van der Waals surface area contributed by atoms with Crippen LogP contribution in [0.2, 0.25) is 0 Å². The molecule has 0 radical (unpaired) electrons. The molecule has 1 heterocycles. The van der Waals surface area contributed by atoms with Crippen LogP contribution in [0.25, 0.3) is 11.4 Å². The van der Waals surface area contributed by atoms with E-state index in [0.29, 0.717) is 23.1 Å². The van der Waals surface area contributed by atoms with Crippen LogP contribution in [0.5, 0.6) is 0 Å². The summed E-state index contributed by atoms with van der Waals surface area (Å²) in [6.07, 6.45) is 0. The molecule has 0 aliphatic rings. The van der Waals surface area contributed by atoms with Crippen molar-refractivity contribution in [3.8, 4) is 11.4 Å². The molecule has 7 heteroatoms. The van der Waals surface area contributed by atoms with Crippen molar-refractivity contribution >= 4 is 23.4 Å². The predicted molar refractivity (Wildman–Crippen MR) is 106 cm³/mol. The molecular weight excluding hydrogens is 363 g/mol. The van der Waals surface area contributed by atoms with Crippen LogP contribution in [0.3, 0.4) is 0 Å². The first-order valence-electron chi connectivity index (χ1n) is 8.67. The van der Waals surface area contributed by atoms with Crippen molar-refractivity contribution in [3.63, 3.8) is 0 Å². The van der Waals surface area contributed by atoms with Crippen LogP contribution in [0.4, 0.5) is 10.1 Å². The van der Waals surface area contributed by atoms with Gasteiger partial charge in [0.2, 0.25) is 5.91 Å². The van der Waals surface area contributed by atoms with Gasteiger partial charge in [0.25, 0.3) is 0 Å². The lowest BCUT2D eigenvalue weighted by molar-refractivity contribution is -0.113. The van der Waals surface area contributed by atoms with Gasteiger partial charge in [-0.1, -0.05) is 30.0 Å². The number of hydrogen-bond acceptors (Lipinski definition) is 4. The number of amides is 1. The molecule has 0 aliphatic carbocycles. The molecule has 1 aromatic heterocycles. The Balaban J connectivity index is 1.70. The largest absolute Gasteiger partial charge is 0.325 e. The molecule has 0 unspecified atom stereocenters. The predicted octanol–water partition coefficient (Wildman–Crippen LogP) is 4.45. The smallest absolute Gasteiger partial charge is 0.234 e.